The summed E-state index contributed by atoms with van der Waals surface area (Å²) >= 11 is 5.99. The van der Waals surface area contributed by atoms with Crippen LogP contribution >= 0.6 is 11.6 Å². The second kappa shape index (κ2) is 7.49. The number of amides is 3. The van der Waals surface area contributed by atoms with Crippen molar-refractivity contribution in [1.29, 1.82) is 0 Å². The zero-order valence-electron chi connectivity index (χ0n) is 17.0. The largest absolute Gasteiger partial charge is 0.340 e. The maximum absolute atomic E-state index is 12.3. The third kappa shape index (κ3) is 3.30. The number of halogens is 1. The first-order valence-corrected chi connectivity index (χ1v) is 9.78. The summed E-state index contributed by atoms with van der Waals surface area (Å²) in [7, 11) is 3.07. The predicted octanol–water partition coefficient (Wildman–Crippen LogP) is 1.85. The summed E-state index contributed by atoms with van der Waals surface area (Å²) in [5.74, 6) is 0.0233. The summed E-state index contributed by atoms with van der Waals surface area (Å²) in [5, 5.41) is 7.95. The number of aromatic nitrogens is 1. The van der Waals surface area contributed by atoms with Crippen LogP contribution in [-0.2, 0) is 4.79 Å². The van der Waals surface area contributed by atoms with Crippen LogP contribution in [-0.4, -0.2) is 64.8 Å². The van der Waals surface area contributed by atoms with Crippen molar-refractivity contribution in [1.82, 2.24) is 25.1 Å². The van der Waals surface area contributed by atoms with Crippen molar-refractivity contribution in [2.24, 2.45) is 10.1 Å². The molecule has 10 heteroatoms. The molecule has 0 radical (unpaired) electrons. The van der Waals surface area contributed by atoms with E-state index in [2.05, 4.69) is 25.4 Å². The Labute approximate surface area is 179 Å². The van der Waals surface area contributed by atoms with Crippen molar-refractivity contribution in [3.05, 3.63) is 52.3 Å². The number of imide groups is 1. The first kappa shape index (κ1) is 20.0. The van der Waals surface area contributed by atoms with E-state index >= 15 is 0 Å². The topological polar surface area (TPSA) is 94.3 Å². The van der Waals surface area contributed by atoms with Gasteiger partial charge in [0.15, 0.2) is 6.17 Å². The molecule has 2 atom stereocenters. The normalized spacial score (nSPS) is 21.2. The molecule has 156 valence electrons. The molecular weight excluding hydrogens is 406 g/mol. The molecule has 1 aromatic heterocycles. The number of hydrogen-bond acceptors (Lipinski definition) is 6. The minimum Gasteiger partial charge on any atom is -0.340 e. The van der Waals surface area contributed by atoms with Crippen LogP contribution in [0, 0.1) is 13.8 Å². The zero-order valence-corrected chi connectivity index (χ0v) is 17.8. The first-order chi connectivity index (χ1) is 14.3. The number of rotatable bonds is 3. The van der Waals surface area contributed by atoms with E-state index in [0.29, 0.717) is 11.0 Å². The highest BCUT2D eigenvalue weighted by Crippen LogP contribution is 2.22. The number of hydrazone groups is 1. The molecule has 2 aliphatic heterocycles. The fourth-order valence-corrected chi connectivity index (χ4v) is 3.87. The molecule has 1 saturated heterocycles. The molecule has 30 heavy (non-hydrogen) atoms. The molecule has 9 nitrogen and oxygen atoms in total. The summed E-state index contributed by atoms with van der Waals surface area (Å²) < 4.78 is 2.12. The molecular formula is C20H22ClN7O2. The summed E-state index contributed by atoms with van der Waals surface area (Å²) in [6.45, 7) is 4.03. The van der Waals surface area contributed by atoms with Crippen LogP contribution in [0.15, 0.2) is 40.4 Å². The van der Waals surface area contributed by atoms with Crippen molar-refractivity contribution < 1.29 is 9.59 Å². The number of aryl methyl sites for hydroxylation is 1. The third-order valence-corrected chi connectivity index (χ3v) is 5.62. The lowest BCUT2D eigenvalue weighted by Crippen LogP contribution is -2.63. The average molecular weight is 428 g/mol. The van der Waals surface area contributed by atoms with Gasteiger partial charge in [0.25, 0.3) is 5.91 Å². The number of benzene rings is 1. The lowest BCUT2D eigenvalue weighted by atomic mass is 10.1. The van der Waals surface area contributed by atoms with E-state index in [4.69, 9.17) is 11.6 Å². The van der Waals surface area contributed by atoms with Gasteiger partial charge in [-0.3, -0.25) is 9.69 Å². The molecule has 0 spiro atoms. The summed E-state index contributed by atoms with van der Waals surface area (Å²) in [4.78, 5) is 31.3. The van der Waals surface area contributed by atoms with Crippen molar-refractivity contribution in [3.63, 3.8) is 0 Å². The minimum atomic E-state index is -0.620. The number of carbonyl (C=O) groups is 2. The molecule has 0 saturated carbocycles. The van der Waals surface area contributed by atoms with Gasteiger partial charge in [-0.15, -0.1) is 0 Å². The van der Waals surface area contributed by atoms with Crippen molar-refractivity contribution in [2.45, 2.75) is 26.1 Å². The first-order valence-electron chi connectivity index (χ1n) is 9.40. The molecule has 1 aromatic carbocycles. The maximum atomic E-state index is 12.3. The molecule has 3 heterocycles. The molecule has 4 rings (SSSR count). The molecule has 2 N–H and O–H groups in total. The lowest BCUT2D eigenvalue weighted by molar-refractivity contribution is -0.133. The maximum Gasteiger partial charge on any atom is 0.328 e. The second-order valence-corrected chi connectivity index (χ2v) is 7.75. The number of likely N-dealkylation sites (N-methyl/N-ethyl adjacent to an activating group) is 2. The van der Waals surface area contributed by atoms with Gasteiger partial charge in [0, 0.05) is 41.8 Å². The van der Waals surface area contributed by atoms with E-state index in [1.165, 1.54) is 11.9 Å². The van der Waals surface area contributed by atoms with E-state index in [9.17, 15) is 9.59 Å². The predicted molar refractivity (Wildman–Crippen MR) is 115 cm³/mol. The number of guanidine groups is 1. The fourth-order valence-electron chi connectivity index (χ4n) is 3.75. The molecule has 2 aromatic rings. The number of nitrogens with zero attached hydrogens (tertiary/aromatic N) is 5. The minimum absolute atomic E-state index is 0.320. The van der Waals surface area contributed by atoms with Gasteiger partial charge in [0.05, 0.1) is 6.21 Å². The summed E-state index contributed by atoms with van der Waals surface area (Å²) in [6, 6.07) is 8.67. The zero-order chi connectivity index (χ0) is 21.6. The number of fused-ring (bicyclic) bond motifs is 1. The van der Waals surface area contributed by atoms with Crippen LogP contribution in [0.2, 0.25) is 5.02 Å². The highest BCUT2D eigenvalue weighted by molar-refractivity contribution is 6.30. The molecule has 0 bridgehead atoms. The van der Waals surface area contributed by atoms with Gasteiger partial charge < -0.3 is 14.8 Å². The van der Waals surface area contributed by atoms with Crippen LogP contribution in [0.3, 0.4) is 0 Å². The van der Waals surface area contributed by atoms with Crippen molar-refractivity contribution >= 4 is 35.7 Å². The van der Waals surface area contributed by atoms with Gasteiger partial charge in [0.2, 0.25) is 5.96 Å². The van der Waals surface area contributed by atoms with E-state index in [0.717, 1.165) is 27.5 Å². The van der Waals surface area contributed by atoms with Crippen molar-refractivity contribution in [2.75, 3.05) is 14.1 Å². The number of urea groups is 1. The van der Waals surface area contributed by atoms with Gasteiger partial charge >= 0.3 is 6.03 Å². The Kier molecular flexibility index (Phi) is 4.98. The SMILES string of the molecule is Cc1cc(/C=N\NC2=N[C@@H]3[C@@H](N2)C(=O)N(C)C(=O)N3C)c(C)n1-c1ccc(Cl)cc1. The highest BCUT2D eigenvalue weighted by Gasteiger charge is 2.46. The smallest absolute Gasteiger partial charge is 0.328 e. The van der Waals surface area contributed by atoms with Crippen LogP contribution in [0.1, 0.15) is 17.0 Å². The Morgan fingerprint density at radius 2 is 1.90 bits per heavy atom. The molecule has 3 amide bonds. The van der Waals surface area contributed by atoms with E-state index in [-0.39, 0.29) is 11.9 Å². The summed E-state index contributed by atoms with van der Waals surface area (Å²) in [5.41, 5.74) is 6.88. The van der Waals surface area contributed by atoms with E-state index in [1.807, 2.05) is 44.2 Å². The van der Waals surface area contributed by atoms with Gasteiger partial charge in [0.1, 0.15) is 6.04 Å². The van der Waals surface area contributed by atoms with Crippen molar-refractivity contribution in [3.8, 4) is 5.69 Å². The number of aliphatic imine (C=N–C) groups is 1. The van der Waals surface area contributed by atoms with E-state index < -0.39 is 12.2 Å². The van der Waals surface area contributed by atoms with Crippen LogP contribution in [0.5, 0.6) is 0 Å². The fraction of sp³-hybridized carbons (Fsp3) is 0.300. The number of nitrogens with one attached hydrogen (secondary N) is 2. The van der Waals surface area contributed by atoms with Gasteiger partial charge in [-0.1, -0.05) is 11.6 Å². The number of hydrogen-bond donors (Lipinski definition) is 2. The lowest BCUT2D eigenvalue weighted by Gasteiger charge is -2.36. The van der Waals surface area contributed by atoms with Gasteiger partial charge in [-0.2, -0.15) is 5.10 Å². The van der Waals surface area contributed by atoms with Gasteiger partial charge in [-0.25, -0.2) is 15.2 Å². The van der Waals surface area contributed by atoms with Crippen LogP contribution in [0.25, 0.3) is 5.69 Å². The quantitative estimate of drug-likeness (QED) is 0.577. The molecule has 0 aliphatic carbocycles. The second-order valence-electron chi connectivity index (χ2n) is 7.31. The van der Waals surface area contributed by atoms with E-state index in [1.54, 1.807) is 13.3 Å². The standard InChI is InChI=1S/C20H22ClN7O2/c1-11-9-13(12(2)28(11)15-7-5-14(21)6-8-15)10-22-25-19-23-16-17(24-19)26(3)20(30)27(4)18(16)29/h5-10,16-17H,1-4H3,(H2,23,24,25)/b22-10-/t16-,17+/m1/s1. The van der Waals surface area contributed by atoms with Crippen LogP contribution in [0.4, 0.5) is 4.79 Å². The molecule has 0 unspecified atom stereocenters. The Balaban J connectivity index is 1.50. The Hall–Kier alpha value is -3.33. The van der Waals surface area contributed by atoms with Gasteiger partial charge in [-0.05, 0) is 44.2 Å². The Morgan fingerprint density at radius 3 is 2.60 bits per heavy atom. The summed E-state index contributed by atoms with van der Waals surface area (Å²) in [6.07, 6.45) is 1.11. The Morgan fingerprint density at radius 1 is 1.20 bits per heavy atom. The third-order valence-electron chi connectivity index (χ3n) is 5.36. The Bertz CT molecular complexity index is 1070. The average Bonchev–Trinajstić information content (AvgIpc) is 3.27. The molecule has 2 aliphatic rings. The van der Waals surface area contributed by atoms with Crippen LogP contribution < -0.4 is 10.7 Å². The monoisotopic (exact) mass is 427 g/mol. The highest BCUT2D eigenvalue weighted by atomic mass is 35.5. The molecule has 1 fully saturated rings. The number of carbonyl (C=O) groups excluding carboxylic acids is 2.